The van der Waals surface area contributed by atoms with E-state index in [0.717, 1.165) is 43.7 Å². The third-order valence-electron chi connectivity index (χ3n) is 5.35. The maximum absolute atomic E-state index is 12.8. The van der Waals surface area contributed by atoms with Crippen LogP contribution in [0.4, 0.5) is 5.82 Å². The molecule has 2 amide bonds. The second kappa shape index (κ2) is 10.6. The summed E-state index contributed by atoms with van der Waals surface area (Å²) in [5, 5.41) is 10.6. The fourth-order valence-corrected chi connectivity index (χ4v) is 6.61. The Morgan fingerprint density at radius 1 is 1.03 bits per heavy atom. The minimum Gasteiger partial charge on any atom is -0.354 e. The Bertz CT molecular complexity index is 1290. The van der Waals surface area contributed by atoms with Crippen LogP contribution in [0.25, 0.3) is 10.2 Å². The molecule has 2 aromatic carbocycles. The van der Waals surface area contributed by atoms with E-state index in [1.165, 1.54) is 17.3 Å². The van der Waals surface area contributed by atoms with Gasteiger partial charge in [-0.25, -0.2) is 9.67 Å². The molecule has 1 aliphatic rings. The molecule has 0 bridgehead atoms. The van der Waals surface area contributed by atoms with Crippen LogP contribution in [0, 0.1) is 0 Å². The van der Waals surface area contributed by atoms with Gasteiger partial charge in [-0.05, 0) is 24.1 Å². The van der Waals surface area contributed by atoms with Crippen molar-refractivity contribution in [1.29, 1.82) is 0 Å². The van der Waals surface area contributed by atoms with Crippen molar-refractivity contribution in [2.45, 2.75) is 28.8 Å². The highest BCUT2D eigenvalue weighted by atomic mass is 32.2. The minimum absolute atomic E-state index is 0.0765. The first-order valence-corrected chi connectivity index (χ1v) is 13.9. The van der Waals surface area contributed by atoms with Crippen molar-refractivity contribution in [2.24, 2.45) is 0 Å². The number of carbonyl (C=O) groups is 2. The van der Waals surface area contributed by atoms with Gasteiger partial charge in [0.1, 0.15) is 12.4 Å². The van der Waals surface area contributed by atoms with Crippen LogP contribution in [0.5, 0.6) is 0 Å². The average molecular weight is 510 g/mol. The van der Waals surface area contributed by atoms with Crippen LogP contribution >= 0.6 is 34.9 Å². The van der Waals surface area contributed by atoms with E-state index in [-0.39, 0.29) is 24.1 Å². The summed E-state index contributed by atoms with van der Waals surface area (Å²) in [5.41, 5.74) is 4.08. The van der Waals surface area contributed by atoms with Gasteiger partial charge in [-0.3, -0.25) is 9.59 Å². The SMILES string of the molecule is O=C(Cn1nc2c(c1NC(=O)CSc1nc3ccccc3s1)CSC2)NCCc1ccccc1. The maximum atomic E-state index is 12.8. The van der Waals surface area contributed by atoms with Crippen molar-refractivity contribution in [3.8, 4) is 0 Å². The second-order valence-electron chi connectivity index (χ2n) is 7.79. The number of amides is 2. The van der Waals surface area contributed by atoms with Crippen LogP contribution in [0.3, 0.4) is 0 Å². The molecule has 0 unspecified atom stereocenters. The lowest BCUT2D eigenvalue weighted by atomic mass is 10.1. The number of nitrogens with zero attached hydrogens (tertiary/aromatic N) is 3. The summed E-state index contributed by atoms with van der Waals surface area (Å²) in [6.07, 6.45) is 0.769. The standard InChI is InChI=1S/C24H23N5O2S3/c30-21(25-11-10-16-6-2-1-3-7-16)12-29-23(17-13-32-14-19(17)28-29)27-22(31)15-33-24-26-18-8-4-5-9-20(18)34-24/h1-9H,10-15H2,(H,25,30)(H,27,31). The largest absolute Gasteiger partial charge is 0.354 e. The van der Waals surface area contributed by atoms with Crippen LogP contribution < -0.4 is 10.6 Å². The zero-order chi connectivity index (χ0) is 23.3. The predicted octanol–water partition coefficient (Wildman–Crippen LogP) is 4.33. The number of para-hydroxylation sites is 1. The number of nitrogens with one attached hydrogen (secondary N) is 2. The van der Waals surface area contributed by atoms with E-state index in [9.17, 15) is 9.59 Å². The molecule has 2 N–H and O–H groups in total. The molecule has 5 rings (SSSR count). The van der Waals surface area contributed by atoms with Crippen LogP contribution in [0.2, 0.25) is 0 Å². The third-order valence-corrected chi connectivity index (χ3v) is 8.50. The van der Waals surface area contributed by atoms with Crippen LogP contribution in [-0.2, 0) is 34.1 Å². The van der Waals surface area contributed by atoms with E-state index < -0.39 is 0 Å². The van der Waals surface area contributed by atoms with Gasteiger partial charge in [-0.2, -0.15) is 16.9 Å². The van der Waals surface area contributed by atoms with Gasteiger partial charge in [0.25, 0.3) is 0 Å². The molecule has 0 radical (unpaired) electrons. The summed E-state index contributed by atoms with van der Waals surface area (Å²) in [7, 11) is 0. The van der Waals surface area contributed by atoms with Gasteiger partial charge in [0.15, 0.2) is 4.34 Å². The zero-order valence-electron chi connectivity index (χ0n) is 18.3. The third kappa shape index (κ3) is 5.45. The topological polar surface area (TPSA) is 88.9 Å². The molecule has 174 valence electrons. The van der Waals surface area contributed by atoms with Gasteiger partial charge < -0.3 is 10.6 Å². The number of rotatable bonds is 9. The normalized spacial score (nSPS) is 12.6. The Hall–Kier alpha value is -2.82. The van der Waals surface area contributed by atoms with E-state index in [1.54, 1.807) is 27.8 Å². The Morgan fingerprint density at radius 2 is 1.85 bits per heavy atom. The molecule has 3 heterocycles. The zero-order valence-corrected chi connectivity index (χ0v) is 20.8. The van der Waals surface area contributed by atoms with Crippen molar-refractivity contribution in [3.63, 3.8) is 0 Å². The van der Waals surface area contributed by atoms with Crippen molar-refractivity contribution in [2.75, 3.05) is 17.6 Å². The van der Waals surface area contributed by atoms with Crippen molar-refractivity contribution >= 4 is 62.7 Å². The highest BCUT2D eigenvalue weighted by Gasteiger charge is 2.25. The van der Waals surface area contributed by atoms with E-state index in [1.807, 2.05) is 54.6 Å². The number of fused-ring (bicyclic) bond motifs is 2. The molecule has 1 aliphatic heterocycles. The Morgan fingerprint density at radius 3 is 2.71 bits per heavy atom. The number of anilines is 1. The van der Waals surface area contributed by atoms with Gasteiger partial charge >= 0.3 is 0 Å². The van der Waals surface area contributed by atoms with Gasteiger partial charge in [0.05, 0.1) is 21.7 Å². The molecule has 0 saturated heterocycles. The summed E-state index contributed by atoms with van der Waals surface area (Å²) < 4.78 is 3.60. The first-order valence-electron chi connectivity index (χ1n) is 10.9. The van der Waals surface area contributed by atoms with Crippen LogP contribution in [0.15, 0.2) is 58.9 Å². The molecular weight excluding hydrogens is 486 g/mol. The lowest BCUT2D eigenvalue weighted by molar-refractivity contribution is -0.122. The summed E-state index contributed by atoms with van der Waals surface area (Å²) in [4.78, 5) is 29.9. The van der Waals surface area contributed by atoms with Gasteiger partial charge in [0, 0.05) is 23.6 Å². The number of thioether (sulfide) groups is 2. The second-order valence-corrected chi connectivity index (χ2v) is 11.0. The fourth-order valence-electron chi connectivity index (χ4n) is 3.71. The Labute approximate surface area is 209 Å². The molecular formula is C24H23N5O2S3. The number of thiazole rings is 1. The van der Waals surface area contributed by atoms with E-state index in [4.69, 9.17) is 0 Å². The van der Waals surface area contributed by atoms with Crippen molar-refractivity contribution < 1.29 is 9.59 Å². The molecule has 4 aromatic rings. The molecule has 0 atom stereocenters. The monoisotopic (exact) mass is 509 g/mol. The summed E-state index contributed by atoms with van der Waals surface area (Å²) in [6, 6.07) is 18.0. The number of aromatic nitrogens is 3. The first kappa shape index (κ1) is 22.9. The lowest BCUT2D eigenvalue weighted by Crippen LogP contribution is -2.30. The molecule has 10 heteroatoms. The number of hydrogen-bond acceptors (Lipinski definition) is 7. The van der Waals surface area contributed by atoms with Crippen molar-refractivity contribution in [3.05, 3.63) is 71.4 Å². The molecule has 2 aromatic heterocycles. The average Bonchev–Trinajstić information content (AvgIpc) is 3.54. The van der Waals surface area contributed by atoms with Crippen molar-refractivity contribution in [1.82, 2.24) is 20.1 Å². The van der Waals surface area contributed by atoms with Crippen LogP contribution in [0.1, 0.15) is 16.8 Å². The molecule has 0 spiro atoms. The van der Waals surface area contributed by atoms with Gasteiger partial charge in [0.2, 0.25) is 11.8 Å². The van der Waals surface area contributed by atoms with Crippen LogP contribution in [-0.4, -0.2) is 38.9 Å². The quantitative estimate of drug-likeness (QED) is 0.327. The first-order chi connectivity index (χ1) is 16.7. The summed E-state index contributed by atoms with van der Waals surface area (Å²) in [5.74, 6) is 2.20. The minimum atomic E-state index is -0.130. The smallest absolute Gasteiger partial charge is 0.241 e. The Balaban J connectivity index is 1.19. The highest BCUT2D eigenvalue weighted by Crippen LogP contribution is 2.35. The molecule has 0 aliphatic carbocycles. The molecule has 0 fully saturated rings. The summed E-state index contributed by atoms with van der Waals surface area (Å²) in [6.45, 7) is 0.632. The van der Waals surface area contributed by atoms with E-state index in [0.29, 0.717) is 12.4 Å². The molecule has 0 saturated carbocycles. The number of carbonyl (C=O) groups excluding carboxylic acids is 2. The molecule has 7 nitrogen and oxygen atoms in total. The fraction of sp³-hybridized carbons (Fsp3) is 0.250. The molecule has 34 heavy (non-hydrogen) atoms. The lowest BCUT2D eigenvalue weighted by Gasteiger charge is -2.11. The number of benzene rings is 2. The summed E-state index contributed by atoms with van der Waals surface area (Å²) >= 11 is 4.76. The van der Waals surface area contributed by atoms with E-state index in [2.05, 4.69) is 20.7 Å². The maximum Gasteiger partial charge on any atom is 0.241 e. The highest BCUT2D eigenvalue weighted by molar-refractivity contribution is 8.01. The van der Waals surface area contributed by atoms with E-state index >= 15 is 0 Å². The van der Waals surface area contributed by atoms with Gasteiger partial charge in [-0.1, -0.05) is 54.2 Å². The predicted molar refractivity (Wildman–Crippen MR) is 139 cm³/mol. The Kier molecular flexibility index (Phi) is 7.17. The number of hydrogen-bond donors (Lipinski definition) is 2. The van der Waals surface area contributed by atoms with Gasteiger partial charge in [-0.15, -0.1) is 11.3 Å².